The van der Waals surface area contributed by atoms with Crippen LogP contribution in [-0.4, -0.2) is 29.7 Å². The van der Waals surface area contributed by atoms with Crippen LogP contribution in [0, 0.1) is 5.92 Å². The predicted octanol–water partition coefficient (Wildman–Crippen LogP) is 3.43. The first-order chi connectivity index (χ1) is 9.79. The van der Waals surface area contributed by atoms with Crippen molar-refractivity contribution in [3.8, 4) is 0 Å². The van der Waals surface area contributed by atoms with Gasteiger partial charge in [0.05, 0.1) is 0 Å². The smallest absolute Gasteiger partial charge is 0.219 e. The highest BCUT2D eigenvalue weighted by Gasteiger charge is 2.27. The lowest BCUT2D eigenvalue weighted by molar-refractivity contribution is -0.130. The first-order valence-electron chi connectivity index (χ1n) is 7.69. The summed E-state index contributed by atoms with van der Waals surface area (Å²) < 4.78 is 0. The first-order valence-corrected chi connectivity index (χ1v) is 7.69. The van der Waals surface area contributed by atoms with Gasteiger partial charge in [-0.2, -0.15) is 0 Å². The lowest BCUT2D eigenvalue weighted by Crippen LogP contribution is -2.39. The standard InChI is InChI=1S/C18H25NO2/c1-13(20)19-10-8-14(9-11-19)17(21)15-6-5-7-16(12-15)18(2,3)4/h5-7,12,14H,8-11H2,1-4H3. The number of Topliss-reactive ketones (excluding diaryl/α,β-unsaturated/α-hetero) is 1. The number of hydrogen-bond acceptors (Lipinski definition) is 2. The average molecular weight is 287 g/mol. The molecule has 1 saturated heterocycles. The Bertz CT molecular complexity index is 534. The van der Waals surface area contributed by atoms with Crippen LogP contribution in [0.2, 0.25) is 0 Å². The van der Waals surface area contributed by atoms with Crippen LogP contribution in [0.1, 0.15) is 56.5 Å². The molecule has 0 unspecified atom stereocenters. The molecule has 0 atom stereocenters. The van der Waals surface area contributed by atoms with Gasteiger partial charge < -0.3 is 4.90 Å². The second-order valence-electron chi connectivity index (χ2n) is 6.98. The zero-order valence-corrected chi connectivity index (χ0v) is 13.5. The van der Waals surface area contributed by atoms with E-state index in [-0.39, 0.29) is 23.0 Å². The highest BCUT2D eigenvalue weighted by molar-refractivity contribution is 5.98. The molecule has 1 aliphatic heterocycles. The second-order valence-corrected chi connectivity index (χ2v) is 6.98. The van der Waals surface area contributed by atoms with Crippen molar-refractivity contribution in [1.82, 2.24) is 4.90 Å². The number of rotatable bonds is 2. The van der Waals surface area contributed by atoms with E-state index < -0.39 is 0 Å². The van der Waals surface area contributed by atoms with Gasteiger partial charge in [0.2, 0.25) is 5.91 Å². The van der Waals surface area contributed by atoms with Gasteiger partial charge in [-0.15, -0.1) is 0 Å². The second kappa shape index (κ2) is 6.00. The summed E-state index contributed by atoms with van der Waals surface area (Å²) in [7, 11) is 0. The molecule has 0 saturated carbocycles. The van der Waals surface area contributed by atoms with Gasteiger partial charge in [0, 0.05) is 31.5 Å². The van der Waals surface area contributed by atoms with Gasteiger partial charge >= 0.3 is 0 Å². The molecule has 114 valence electrons. The molecule has 1 amide bonds. The monoisotopic (exact) mass is 287 g/mol. The van der Waals surface area contributed by atoms with Gasteiger partial charge in [-0.05, 0) is 29.9 Å². The minimum atomic E-state index is 0.0499. The molecule has 0 radical (unpaired) electrons. The van der Waals surface area contributed by atoms with Crippen molar-refractivity contribution in [3.63, 3.8) is 0 Å². The van der Waals surface area contributed by atoms with Gasteiger partial charge in [-0.25, -0.2) is 0 Å². The number of benzene rings is 1. The fraction of sp³-hybridized carbons (Fsp3) is 0.556. The number of nitrogens with zero attached hydrogens (tertiary/aromatic N) is 1. The van der Waals surface area contributed by atoms with Crippen LogP contribution in [0.3, 0.4) is 0 Å². The molecule has 1 aromatic rings. The lowest BCUT2D eigenvalue weighted by atomic mass is 9.83. The van der Waals surface area contributed by atoms with Crippen molar-refractivity contribution >= 4 is 11.7 Å². The predicted molar refractivity (Wildman–Crippen MR) is 84.5 cm³/mol. The summed E-state index contributed by atoms with van der Waals surface area (Å²) in [5.41, 5.74) is 2.05. The van der Waals surface area contributed by atoms with Gasteiger partial charge in [0.1, 0.15) is 0 Å². The largest absolute Gasteiger partial charge is 0.343 e. The quantitative estimate of drug-likeness (QED) is 0.782. The summed E-state index contributed by atoms with van der Waals surface area (Å²) in [6, 6.07) is 7.99. The maximum atomic E-state index is 12.7. The van der Waals surface area contributed by atoms with Gasteiger partial charge in [0.25, 0.3) is 0 Å². The number of carbonyl (C=O) groups excluding carboxylic acids is 2. The van der Waals surface area contributed by atoms with Crippen molar-refractivity contribution in [2.75, 3.05) is 13.1 Å². The molecule has 2 rings (SSSR count). The normalized spacial score (nSPS) is 16.9. The van der Waals surface area contributed by atoms with Crippen LogP contribution in [0.15, 0.2) is 24.3 Å². The Morgan fingerprint density at radius 1 is 1.14 bits per heavy atom. The summed E-state index contributed by atoms with van der Waals surface area (Å²) in [6.45, 7) is 9.45. The minimum Gasteiger partial charge on any atom is -0.343 e. The van der Waals surface area contributed by atoms with Crippen LogP contribution in [-0.2, 0) is 10.2 Å². The molecule has 3 heteroatoms. The van der Waals surface area contributed by atoms with Crippen LogP contribution in [0.5, 0.6) is 0 Å². The molecule has 1 aliphatic rings. The van der Waals surface area contributed by atoms with E-state index in [0.29, 0.717) is 13.1 Å². The van der Waals surface area contributed by atoms with E-state index in [0.717, 1.165) is 18.4 Å². The van der Waals surface area contributed by atoms with Crippen molar-refractivity contribution in [1.29, 1.82) is 0 Å². The third kappa shape index (κ3) is 3.72. The van der Waals surface area contributed by atoms with Crippen molar-refractivity contribution in [3.05, 3.63) is 35.4 Å². The fourth-order valence-electron chi connectivity index (χ4n) is 2.83. The number of ketones is 1. The summed E-state index contributed by atoms with van der Waals surface area (Å²) >= 11 is 0. The molecule has 0 aromatic heterocycles. The number of carbonyl (C=O) groups is 2. The molecule has 1 aromatic carbocycles. The zero-order chi connectivity index (χ0) is 15.6. The Morgan fingerprint density at radius 3 is 2.29 bits per heavy atom. The van der Waals surface area contributed by atoms with E-state index >= 15 is 0 Å². The van der Waals surface area contributed by atoms with Gasteiger partial charge in [-0.3, -0.25) is 9.59 Å². The maximum Gasteiger partial charge on any atom is 0.219 e. The van der Waals surface area contributed by atoms with Crippen LogP contribution in [0.4, 0.5) is 0 Å². The third-order valence-electron chi connectivity index (χ3n) is 4.32. The Balaban J connectivity index is 2.09. The Hall–Kier alpha value is -1.64. The van der Waals surface area contributed by atoms with Crippen molar-refractivity contribution < 1.29 is 9.59 Å². The first kappa shape index (κ1) is 15.7. The highest BCUT2D eigenvalue weighted by atomic mass is 16.2. The molecule has 1 fully saturated rings. The van der Waals surface area contributed by atoms with E-state index in [4.69, 9.17) is 0 Å². The number of hydrogen-bond donors (Lipinski definition) is 0. The van der Waals surface area contributed by atoms with Gasteiger partial charge in [-0.1, -0.05) is 39.0 Å². The van der Waals surface area contributed by atoms with Crippen LogP contribution >= 0.6 is 0 Å². The summed E-state index contributed by atoms with van der Waals surface area (Å²) in [5, 5.41) is 0. The van der Waals surface area contributed by atoms with E-state index in [1.165, 1.54) is 5.56 Å². The molecule has 0 spiro atoms. The van der Waals surface area contributed by atoms with Crippen LogP contribution in [0.25, 0.3) is 0 Å². The maximum absolute atomic E-state index is 12.7. The Kier molecular flexibility index (Phi) is 4.50. The minimum absolute atomic E-state index is 0.0499. The van der Waals surface area contributed by atoms with Crippen molar-refractivity contribution in [2.45, 2.75) is 46.0 Å². The molecule has 0 N–H and O–H groups in total. The van der Waals surface area contributed by atoms with E-state index in [2.05, 4.69) is 26.8 Å². The molecule has 21 heavy (non-hydrogen) atoms. The summed E-state index contributed by atoms with van der Waals surface area (Å²) in [4.78, 5) is 25.8. The molecule has 0 bridgehead atoms. The summed E-state index contributed by atoms with van der Waals surface area (Å²) in [6.07, 6.45) is 1.55. The molecular formula is C18H25NO2. The van der Waals surface area contributed by atoms with E-state index in [1.807, 2.05) is 23.1 Å². The van der Waals surface area contributed by atoms with E-state index in [9.17, 15) is 9.59 Å². The Morgan fingerprint density at radius 2 is 1.76 bits per heavy atom. The topological polar surface area (TPSA) is 37.4 Å². The molecule has 1 heterocycles. The highest BCUT2D eigenvalue weighted by Crippen LogP contribution is 2.26. The number of piperidine rings is 1. The van der Waals surface area contributed by atoms with Crippen molar-refractivity contribution in [2.24, 2.45) is 5.92 Å². The molecule has 0 aliphatic carbocycles. The fourth-order valence-corrected chi connectivity index (χ4v) is 2.83. The Labute approximate surface area is 127 Å². The van der Waals surface area contributed by atoms with Crippen LogP contribution < -0.4 is 0 Å². The van der Waals surface area contributed by atoms with Gasteiger partial charge in [0.15, 0.2) is 5.78 Å². The molecule has 3 nitrogen and oxygen atoms in total. The number of likely N-dealkylation sites (tertiary alicyclic amines) is 1. The SMILES string of the molecule is CC(=O)N1CCC(C(=O)c2cccc(C(C)(C)C)c2)CC1. The third-order valence-corrected chi connectivity index (χ3v) is 4.32. The van der Waals surface area contributed by atoms with E-state index in [1.54, 1.807) is 6.92 Å². The lowest BCUT2D eigenvalue weighted by Gasteiger charge is -2.30. The number of amides is 1. The molecular weight excluding hydrogens is 262 g/mol. The average Bonchev–Trinajstić information content (AvgIpc) is 2.46. The summed E-state index contributed by atoms with van der Waals surface area (Å²) in [5.74, 6) is 0.385. The zero-order valence-electron chi connectivity index (χ0n) is 13.5.